The second-order valence-corrected chi connectivity index (χ2v) is 3.95. The average Bonchev–Trinajstić information content (AvgIpc) is 2.68. The molecule has 0 bridgehead atoms. The highest BCUT2D eigenvalue weighted by Gasteiger charge is 2.19. The van der Waals surface area contributed by atoms with E-state index in [0.717, 1.165) is 0 Å². The van der Waals surface area contributed by atoms with Crippen LogP contribution in [0.3, 0.4) is 0 Å². The lowest BCUT2D eigenvalue weighted by molar-refractivity contribution is -0.138. The van der Waals surface area contributed by atoms with Crippen molar-refractivity contribution >= 4 is 5.97 Å². The van der Waals surface area contributed by atoms with Gasteiger partial charge in [-0.05, 0) is 13.0 Å². The molecule has 0 aliphatic carbocycles. The van der Waals surface area contributed by atoms with Gasteiger partial charge in [-0.1, -0.05) is 18.2 Å². The number of rotatable bonds is 3. The molecule has 0 fully saturated rings. The number of hydrogen-bond acceptors (Lipinski definition) is 3. The summed E-state index contributed by atoms with van der Waals surface area (Å²) in [5, 5.41) is 8.98. The van der Waals surface area contributed by atoms with E-state index in [2.05, 4.69) is 4.98 Å². The number of carbonyl (C=O) groups is 1. The summed E-state index contributed by atoms with van der Waals surface area (Å²) >= 11 is 0. The largest absolute Gasteiger partial charge is 0.480 e. The smallest absolute Gasteiger partial charge is 0.330 e. The van der Waals surface area contributed by atoms with Crippen molar-refractivity contribution in [2.24, 2.45) is 5.73 Å². The van der Waals surface area contributed by atoms with Crippen LogP contribution in [0.15, 0.2) is 35.3 Å². The Morgan fingerprint density at radius 1 is 1.44 bits per heavy atom. The highest BCUT2D eigenvalue weighted by Crippen LogP contribution is 2.20. The Hall–Kier alpha value is -2.34. The molecule has 0 aliphatic heterocycles. The summed E-state index contributed by atoms with van der Waals surface area (Å²) in [6.45, 7) is 1.75. The number of carboxylic acid groups (broad SMARTS) is 1. The lowest BCUT2D eigenvalue weighted by Crippen LogP contribution is -2.25. The van der Waals surface area contributed by atoms with Crippen molar-refractivity contribution in [1.82, 2.24) is 9.55 Å². The molecule has 6 heteroatoms. The predicted octanol–water partition coefficient (Wildman–Crippen LogP) is 0.558. The third-order valence-electron chi connectivity index (χ3n) is 2.74. The first-order chi connectivity index (χ1) is 8.52. The van der Waals surface area contributed by atoms with Crippen molar-refractivity contribution in [2.45, 2.75) is 13.0 Å². The number of imidazole rings is 1. The molecule has 0 saturated carbocycles. The molecular formula is C12H13N3O3. The van der Waals surface area contributed by atoms with Crippen LogP contribution in [0.5, 0.6) is 0 Å². The van der Waals surface area contributed by atoms with Gasteiger partial charge in [-0.25, -0.2) is 4.79 Å². The Kier molecular flexibility index (Phi) is 3.03. The van der Waals surface area contributed by atoms with Crippen LogP contribution in [-0.4, -0.2) is 20.6 Å². The number of aromatic amines is 1. The van der Waals surface area contributed by atoms with E-state index in [9.17, 15) is 9.59 Å². The zero-order valence-corrected chi connectivity index (χ0v) is 9.75. The molecule has 18 heavy (non-hydrogen) atoms. The molecule has 0 amide bonds. The highest BCUT2D eigenvalue weighted by atomic mass is 16.4. The first-order valence-corrected chi connectivity index (χ1v) is 5.37. The van der Waals surface area contributed by atoms with Crippen LogP contribution in [0, 0.1) is 6.92 Å². The number of hydrogen-bond donors (Lipinski definition) is 3. The quantitative estimate of drug-likeness (QED) is 0.737. The van der Waals surface area contributed by atoms with Crippen LogP contribution in [-0.2, 0) is 4.79 Å². The summed E-state index contributed by atoms with van der Waals surface area (Å²) in [5.74, 6) is -1.14. The number of nitrogens with zero attached hydrogens (tertiary/aromatic N) is 1. The Balaban J connectivity index is 2.66. The van der Waals surface area contributed by atoms with E-state index in [-0.39, 0.29) is 5.69 Å². The van der Waals surface area contributed by atoms with E-state index < -0.39 is 12.0 Å². The lowest BCUT2D eigenvalue weighted by Gasteiger charge is -2.14. The standard InChI is InChI=1S/C12H13N3O3/c1-7-6-14-12(18)15(7)9-5-3-2-4-8(9)10(13)11(16)17/h2-6,10H,13H2,1H3,(H,14,18)(H,16,17). The maximum Gasteiger partial charge on any atom is 0.330 e. The number of H-pyrrole nitrogens is 1. The molecule has 0 spiro atoms. The molecule has 1 atom stereocenters. The number of aromatic nitrogens is 2. The number of aliphatic carboxylic acids is 1. The molecule has 94 valence electrons. The molecule has 2 aromatic rings. The number of nitrogens with one attached hydrogen (secondary N) is 1. The van der Waals surface area contributed by atoms with Gasteiger partial charge >= 0.3 is 11.7 Å². The monoisotopic (exact) mass is 247 g/mol. The third-order valence-corrected chi connectivity index (χ3v) is 2.74. The number of carboxylic acids is 1. The maximum atomic E-state index is 11.7. The molecule has 1 aromatic carbocycles. The first-order valence-electron chi connectivity index (χ1n) is 5.37. The molecule has 1 heterocycles. The average molecular weight is 247 g/mol. The Bertz CT molecular complexity index is 642. The van der Waals surface area contributed by atoms with Gasteiger partial charge in [0.15, 0.2) is 0 Å². The summed E-state index contributed by atoms with van der Waals surface area (Å²) in [7, 11) is 0. The summed E-state index contributed by atoms with van der Waals surface area (Å²) in [4.78, 5) is 25.2. The fourth-order valence-electron chi connectivity index (χ4n) is 1.84. The van der Waals surface area contributed by atoms with E-state index in [1.807, 2.05) is 0 Å². The molecule has 0 aliphatic rings. The van der Waals surface area contributed by atoms with Crippen molar-refractivity contribution in [1.29, 1.82) is 0 Å². The third kappa shape index (κ3) is 1.93. The van der Waals surface area contributed by atoms with Gasteiger partial charge in [0.1, 0.15) is 6.04 Å². The minimum atomic E-state index is -1.16. The molecule has 0 saturated heterocycles. The Labute approximate surface area is 103 Å². The van der Waals surface area contributed by atoms with Crippen LogP contribution in [0.25, 0.3) is 5.69 Å². The van der Waals surface area contributed by atoms with Gasteiger partial charge in [0, 0.05) is 17.5 Å². The van der Waals surface area contributed by atoms with E-state index in [4.69, 9.17) is 10.8 Å². The van der Waals surface area contributed by atoms with Gasteiger partial charge in [-0.3, -0.25) is 9.36 Å². The summed E-state index contributed by atoms with van der Waals surface area (Å²) < 4.78 is 1.40. The predicted molar refractivity (Wildman–Crippen MR) is 65.7 cm³/mol. The van der Waals surface area contributed by atoms with Crippen molar-refractivity contribution < 1.29 is 9.90 Å². The molecule has 6 nitrogen and oxygen atoms in total. The van der Waals surface area contributed by atoms with Gasteiger partial charge in [-0.2, -0.15) is 0 Å². The van der Waals surface area contributed by atoms with Crippen LogP contribution in [0.2, 0.25) is 0 Å². The van der Waals surface area contributed by atoms with Gasteiger partial charge in [0.2, 0.25) is 0 Å². The fourth-order valence-corrected chi connectivity index (χ4v) is 1.84. The first kappa shape index (κ1) is 12.1. The van der Waals surface area contributed by atoms with Crippen LogP contribution >= 0.6 is 0 Å². The van der Waals surface area contributed by atoms with Crippen molar-refractivity contribution in [3.05, 3.63) is 52.2 Å². The Morgan fingerprint density at radius 3 is 2.67 bits per heavy atom. The Morgan fingerprint density at radius 2 is 2.11 bits per heavy atom. The number of para-hydroxylation sites is 1. The fraction of sp³-hybridized carbons (Fsp3) is 0.167. The molecule has 4 N–H and O–H groups in total. The topological polar surface area (TPSA) is 101 Å². The SMILES string of the molecule is Cc1c[nH]c(=O)n1-c1ccccc1C(N)C(=O)O. The summed E-state index contributed by atoms with van der Waals surface area (Å²) in [5.41, 5.74) is 6.86. The van der Waals surface area contributed by atoms with Gasteiger partial charge < -0.3 is 15.8 Å². The zero-order chi connectivity index (χ0) is 13.3. The number of benzene rings is 1. The van der Waals surface area contributed by atoms with Crippen LogP contribution in [0.1, 0.15) is 17.3 Å². The van der Waals surface area contributed by atoms with Gasteiger partial charge in [0.25, 0.3) is 0 Å². The lowest BCUT2D eigenvalue weighted by atomic mass is 10.1. The molecule has 2 rings (SSSR count). The van der Waals surface area contributed by atoms with E-state index in [1.165, 1.54) is 4.57 Å². The van der Waals surface area contributed by atoms with E-state index in [0.29, 0.717) is 16.9 Å². The second kappa shape index (κ2) is 4.50. The van der Waals surface area contributed by atoms with E-state index >= 15 is 0 Å². The normalized spacial score (nSPS) is 12.3. The molecule has 0 radical (unpaired) electrons. The second-order valence-electron chi connectivity index (χ2n) is 3.95. The van der Waals surface area contributed by atoms with Crippen LogP contribution < -0.4 is 11.4 Å². The van der Waals surface area contributed by atoms with Crippen molar-refractivity contribution in [2.75, 3.05) is 0 Å². The number of nitrogens with two attached hydrogens (primary N) is 1. The van der Waals surface area contributed by atoms with Gasteiger partial charge in [0.05, 0.1) is 5.69 Å². The maximum absolute atomic E-state index is 11.7. The zero-order valence-electron chi connectivity index (χ0n) is 9.75. The van der Waals surface area contributed by atoms with Crippen LogP contribution in [0.4, 0.5) is 0 Å². The van der Waals surface area contributed by atoms with E-state index in [1.54, 1.807) is 37.4 Å². The molecule has 1 unspecified atom stereocenters. The van der Waals surface area contributed by atoms with Crippen molar-refractivity contribution in [3.8, 4) is 5.69 Å². The summed E-state index contributed by atoms with van der Waals surface area (Å²) in [6.07, 6.45) is 1.56. The minimum absolute atomic E-state index is 0.322. The minimum Gasteiger partial charge on any atom is -0.480 e. The summed E-state index contributed by atoms with van der Waals surface area (Å²) in [6, 6.07) is 5.52. The molecule has 1 aromatic heterocycles. The van der Waals surface area contributed by atoms with Crippen molar-refractivity contribution in [3.63, 3.8) is 0 Å². The number of aryl methyl sites for hydroxylation is 1. The van der Waals surface area contributed by atoms with Gasteiger partial charge in [-0.15, -0.1) is 0 Å². The highest BCUT2D eigenvalue weighted by molar-refractivity contribution is 5.76. The molecular weight excluding hydrogens is 234 g/mol.